The minimum atomic E-state index is -0.562. The Morgan fingerprint density at radius 2 is 2.33 bits per heavy atom. The van der Waals surface area contributed by atoms with Gasteiger partial charge in [0.25, 0.3) is 5.91 Å². The molecule has 0 atom stereocenters. The van der Waals surface area contributed by atoms with Gasteiger partial charge in [-0.05, 0) is 6.92 Å². The van der Waals surface area contributed by atoms with Crippen LogP contribution in [0.4, 0.5) is 5.82 Å². The molecule has 5 nitrogen and oxygen atoms in total. The van der Waals surface area contributed by atoms with E-state index in [0.29, 0.717) is 11.5 Å². The first-order chi connectivity index (χ1) is 5.65. The summed E-state index contributed by atoms with van der Waals surface area (Å²) in [6.07, 6.45) is 1.35. The molecule has 1 heterocycles. The number of nitrogens with two attached hydrogens (primary N) is 1. The fourth-order valence-electron chi connectivity index (χ4n) is 0.846. The molecule has 5 heteroatoms. The van der Waals surface area contributed by atoms with Crippen LogP contribution in [0.3, 0.4) is 0 Å². The van der Waals surface area contributed by atoms with E-state index in [0.717, 1.165) is 0 Å². The lowest BCUT2D eigenvalue weighted by atomic mass is 10.4. The largest absolute Gasteiger partial charge is 0.372 e. The normalized spacial score (nSPS) is 9.50. The number of rotatable bonds is 2. The van der Waals surface area contributed by atoms with E-state index < -0.39 is 5.91 Å². The van der Waals surface area contributed by atoms with E-state index in [1.807, 2.05) is 0 Å². The van der Waals surface area contributed by atoms with Crippen molar-refractivity contribution in [2.45, 2.75) is 6.92 Å². The lowest BCUT2D eigenvalue weighted by Crippen LogP contribution is -2.14. The second kappa shape index (κ2) is 3.17. The molecule has 0 radical (unpaired) electrons. The summed E-state index contributed by atoms with van der Waals surface area (Å²) in [6.45, 7) is 1.76. The third-order valence-electron chi connectivity index (χ3n) is 1.44. The van der Waals surface area contributed by atoms with Gasteiger partial charge in [0, 0.05) is 7.05 Å². The number of aryl methyl sites for hydroxylation is 1. The van der Waals surface area contributed by atoms with E-state index in [4.69, 9.17) is 5.73 Å². The molecule has 0 bridgehead atoms. The number of hydrogen-bond donors (Lipinski definition) is 2. The number of aromatic nitrogens is 2. The van der Waals surface area contributed by atoms with E-state index >= 15 is 0 Å². The highest BCUT2D eigenvalue weighted by Gasteiger charge is 2.05. The molecule has 0 fully saturated rings. The molecule has 0 aromatic carbocycles. The highest BCUT2D eigenvalue weighted by atomic mass is 16.1. The molecule has 0 spiro atoms. The number of anilines is 1. The molecule has 1 amide bonds. The van der Waals surface area contributed by atoms with Gasteiger partial charge in [0.05, 0.1) is 11.9 Å². The van der Waals surface area contributed by atoms with Crippen molar-refractivity contribution >= 4 is 11.7 Å². The number of nitrogens with zero attached hydrogens (tertiary/aromatic N) is 2. The highest BCUT2D eigenvalue weighted by molar-refractivity contribution is 5.90. The summed E-state index contributed by atoms with van der Waals surface area (Å²) in [5.41, 5.74) is 5.86. The van der Waals surface area contributed by atoms with Crippen molar-refractivity contribution in [2.24, 2.45) is 5.73 Å². The van der Waals surface area contributed by atoms with Crippen molar-refractivity contribution in [3.8, 4) is 0 Å². The monoisotopic (exact) mass is 166 g/mol. The number of hydrogen-bond acceptors (Lipinski definition) is 4. The van der Waals surface area contributed by atoms with Crippen molar-refractivity contribution in [2.75, 3.05) is 12.4 Å². The quantitative estimate of drug-likeness (QED) is 0.644. The zero-order valence-corrected chi connectivity index (χ0v) is 6.96. The summed E-state index contributed by atoms with van der Waals surface area (Å²) < 4.78 is 0. The van der Waals surface area contributed by atoms with Crippen LogP contribution in [0.25, 0.3) is 0 Å². The van der Waals surface area contributed by atoms with E-state index in [-0.39, 0.29) is 5.69 Å². The summed E-state index contributed by atoms with van der Waals surface area (Å²) in [6, 6.07) is 0. The Bertz CT molecular complexity index is 310. The Morgan fingerprint density at radius 1 is 1.67 bits per heavy atom. The first-order valence-corrected chi connectivity index (χ1v) is 3.46. The van der Waals surface area contributed by atoms with Gasteiger partial charge in [0.2, 0.25) is 0 Å². The first kappa shape index (κ1) is 8.45. The summed E-state index contributed by atoms with van der Waals surface area (Å²) in [5.74, 6) is 0.0910. The molecule has 0 aliphatic carbocycles. The van der Waals surface area contributed by atoms with Gasteiger partial charge < -0.3 is 11.1 Å². The third-order valence-corrected chi connectivity index (χ3v) is 1.44. The number of primary amides is 1. The standard InChI is InChI=1S/C7H10N4O/c1-4-7(9-2)10-3-5(11-4)6(8)12/h3H,1-2H3,(H2,8,12)(H,9,10). The second-order valence-electron chi connectivity index (χ2n) is 2.30. The van der Waals surface area contributed by atoms with Gasteiger partial charge in [-0.2, -0.15) is 0 Å². The highest BCUT2D eigenvalue weighted by Crippen LogP contribution is 2.06. The maximum atomic E-state index is 10.7. The molecule has 1 aromatic rings. The van der Waals surface area contributed by atoms with Gasteiger partial charge in [-0.15, -0.1) is 0 Å². The van der Waals surface area contributed by atoms with Crippen LogP contribution in [-0.2, 0) is 0 Å². The molecule has 3 N–H and O–H groups in total. The zero-order chi connectivity index (χ0) is 9.14. The number of carbonyl (C=O) groups excluding carboxylic acids is 1. The summed E-state index contributed by atoms with van der Waals surface area (Å²) in [4.78, 5) is 18.5. The van der Waals surface area contributed by atoms with Crippen molar-refractivity contribution in [3.05, 3.63) is 17.6 Å². The molecule has 1 aromatic heterocycles. The van der Waals surface area contributed by atoms with E-state index in [1.165, 1.54) is 6.20 Å². The van der Waals surface area contributed by atoms with Gasteiger partial charge in [0.15, 0.2) is 0 Å². The minimum absolute atomic E-state index is 0.187. The van der Waals surface area contributed by atoms with Gasteiger partial charge in [0.1, 0.15) is 11.5 Å². The maximum absolute atomic E-state index is 10.7. The molecular weight excluding hydrogens is 156 g/mol. The van der Waals surface area contributed by atoms with E-state index in [2.05, 4.69) is 15.3 Å². The third kappa shape index (κ3) is 1.50. The van der Waals surface area contributed by atoms with Crippen molar-refractivity contribution in [1.29, 1.82) is 0 Å². The van der Waals surface area contributed by atoms with Crippen molar-refractivity contribution in [1.82, 2.24) is 9.97 Å². The van der Waals surface area contributed by atoms with Crippen LogP contribution in [0.15, 0.2) is 6.20 Å². The van der Waals surface area contributed by atoms with Crippen LogP contribution in [0.5, 0.6) is 0 Å². The lowest BCUT2D eigenvalue weighted by molar-refractivity contribution is 0.0995. The van der Waals surface area contributed by atoms with Gasteiger partial charge in [-0.1, -0.05) is 0 Å². The molecule has 0 aliphatic heterocycles. The number of carbonyl (C=O) groups is 1. The van der Waals surface area contributed by atoms with Crippen molar-refractivity contribution < 1.29 is 4.79 Å². The molecule has 64 valence electrons. The molecule has 0 unspecified atom stereocenters. The average molecular weight is 166 g/mol. The second-order valence-corrected chi connectivity index (χ2v) is 2.30. The molecular formula is C7H10N4O. The van der Waals surface area contributed by atoms with Crippen LogP contribution in [0.1, 0.15) is 16.2 Å². The first-order valence-electron chi connectivity index (χ1n) is 3.46. The Kier molecular flexibility index (Phi) is 2.23. The van der Waals surface area contributed by atoms with Crippen LogP contribution in [0, 0.1) is 6.92 Å². The lowest BCUT2D eigenvalue weighted by Gasteiger charge is -2.02. The molecule has 0 saturated heterocycles. The molecule has 1 rings (SSSR count). The zero-order valence-electron chi connectivity index (χ0n) is 6.96. The number of amides is 1. The Morgan fingerprint density at radius 3 is 2.75 bits per heavy atom. The van der Waals surface area contributed by atoms with Crippen LogP contribution < -0.4 is 11.1 Å². The minimum Gasteiger partial charge on any atom is -0.372 e. The Balaban J connectivity index is 3.10. The van der Waals surface area contributed by atoms with Crippen LogP contribution >= 0.6 is 0 Å². The Labute approximate surface area is 70.0 Å². The summed E-state index contributed by atoms with van der Waals surface area (Å²) in [7, 11) is 1.74. The molecule has 0 saturated carbocycles. The number of nitrogens with one attached hydrogen (secondary N) is 1. The van der Waals surface area contributed by atoms with Gasteiger partial charge in [-0.25, -0.2) is 9.97 Å². The van der Waals surface area contributed by atoms with Crippen LogP contribution in [-0.4, -0.2) is 22.9 Å². The smallest absolute Gasteiger partial charge is 0.268 e. The van der Waals surface area contributed by atoms with Crippen molar-refractivity contribution in [3.63, 3.8) is 0 Å². The fourth-order valence-corrected chi connectivity index (χ4v) is 0.846. The maximum Gasteiger partial charge on any atom is 0.268 e. The summed E-state index contributed by atoms with van der Waals surface area (Å²) in [5, 5.41) is 2.84. The van der Waals surface area contributed by atoms with Gasteiger partial charge in [-0.3, -0.25) is 4.79 Å². The predicted molar refractivity (Wildman–Crippen MR) is 44.8 cm³/mol. The van der Waals surface area contributed by atoms with E-state index in [9.17, 15) is 4.79 Å². The average Bonchev–Trinajstić information content (AvgIpc) is 2.04. The van der Waals surface area contributed by atoms with E-state index in [1.54, 1.807) is 14.0 Å². The molecule has 0 aliphatic rings. The van der Waals surface area contributed by atoms with Crippen LogP contribution in [0.2, 0.25) is 0 Å². The Hall–Kier alpha value is -1.65. The molecule has 12 heavy (non-hydrogen) atoms. The predicted octanol–water partition coefficient (Wildman–Crippen LogP) is -0.0744. The topological polar surface area (TPSA) is 80.9 Å². The fraction of sp³-hybridized carbons (Fsp3) is 0.286. The SMILES string of the molecule is CNc1ncc(C(N)=O)nc1C. The van der Waals surface area contributed by atoms with Gasteiger partial charge >= 0.3 is 0 Å². The summed E-state index contributed by atoms with van der Waals surface area (Å²) >= 11 is 0.